The highest BCUT2D eigenvalue weighted by Gasteiger charge is 2.23. The van der Waals surface area contributed by atoms with Crippen molar-refractivity contribution in [1.82, 2.24) is 4.98 Å². The van der Waals surface area contributed by atoms with Crippen LogP contribution in [0.25, 0.3) is 10.9 Å². The molecule has 0 radical (unpaired) electrons. The van der Waals surface area contributed by atoms with E-state index in [1.165, 1.54) is 42.6 Å². The normalized spacial score (nSPS) is 10.4. The first-order valence-electron chi connectivity index (χ1n) is 8.99. The summed E-state index contributed by atoms with van der Waals surface area (Å²) in [5.41, 5.74) is 1.05. The Bertz CT molecular complexity index is 1240. The molecule has 0 fully saturated rings. The molecule has 0 aliphatic carbocycles. The number of halogens is 2. The maximum Gasteiger partial charge on any atom is 0.273 e. The zero-order chi connectivity index (χ0) is 22.5. The maximum atomic E-state index is 13.7. The molecule has 2 aromatic carbocycles. The molecule has 9 heteroatoms. The number of hydrogen-bond acceptors (Lipinski definition) is 6. The molecular formula is C22H16ClFN4O3. The molecule has 3 aromatic rings. The zero-order valence-electron chi connectivity index (χ0n) is 16.2. The van der Waals surface area contributed by atoms with Gasteiger partial charge in [0.15, 0.2) is 5.75 Å². The molecule has 31 heavy (non-hydrogen) atoms. The van der Waals surface area contributed by atoms with Gasteiger partial charge >= 0.3 is 0 Å². The van der Waals surface area contributed by atoms with E-state index in [1.807, 2.05) is 0 Å². The fourth-order valence-corrected chi connectivity index (χ4v) is 3.26. The van der Waals surface area contributed by atoms with Gasteiger partial charge < -0.3 is 9.64 Å². The van der Waals surface area contributed by atoms with Gasteiger partial charge in [0.25, 0.3) is 5.69 Å². The Labute approximate surface area is 182 Å². The first-order valence-corrected chi connectivity index (χ1v) is 9.37. The third-order valence-electron chi connectivity index (χ3n) is 4.38. The number of nitrogens with zero attached hydrogens (tertiary/aromatic N) is 4. The van der Waals surface area contributed by atoms with Crippen LogP contribution in [0.5, 0.6) is 5.75 Å². The summed E-state index contributed by atoms with van der Waals surface area (Å²) in [5.74, 6) is -0.426. The molecule has 0 N–H and O–H groups in total. The lowest BCUT2D eigenvalue weighted by Gasteiger charge is -2.26. The lowest BCUT2D eigenvalue weighted by atomic mass is 10.1. The Morgan fingerprint density at radius 3 is 2.71 bits per heavy atom. The minimum absolute atomic E-state index is 0.107. The molecule has 0 aliphatic heterocycles. The predicted octanol–water partition coefficient (Wildman–Crippen LogP) is 5.70. The average Bonchev–Trinajstić information content (AvgIpc) is 2.76. The van der Waals surface area contributed by atoms with Gasteiger partial charge in [-0.3, -0.25) is 15.1 Å². The van der Waals surface area contributed by atoms with Gasteiger partial charge in [-0.15, -0.1) is 6.58 Å². The van der Waals surface area contributed by atoms with E-state index >= 15 is 0 Å². The third-order valence-corrected chi connectivity index (χ3v) is 4.67. The van der Waals surface area contributed by atoms with Crippen LogP contribution in [0, 0.1) is 27.3 Å². The van der Waals surface area contributed by atoms with Crippen LogP contribution in [0.15, 0.2) is 61.8 Å². The average molecular weight is 439 g/mol. The van der Waals surface area contributed by atoms with Crippen molar-refractivity contribution in [3.05, 3.63) is 88.4 Å². The number of anilines is 2. The molecule has 0 spiro atoms. The van der Waals surface area contributed by atoms with Gasteiger partial charge in [0.2, 0.25) is 0 Å². The first kappa shape index (κ1) is 21.7. The number of hydrogen-bond donors (Lipinski definition) is 0. The monoisotopic (exact) mass is 438 g/mol. The Morgan fingerprint density at radius 2 is 2.10 bits per heavy atom. The van der Waals surface area contributed by atoms with E-state index in [1.54, 1.807) is 11.0 Å². The quantitative estimate of drug-likeness (QED) is 0.254. The van der Waals surface area contributed by atoms with E-state index in [4.69, 9.17) is 16.3 Å². The van der Waals surface area contributed by atoms with Crippen LogP contribution in [0.2, 0.25) is 5.02 Å². The molecule has 0 amide bonds. The van der Waals surface area contributed by atoms with E-state index < -0.39 is 10.7 Å². The van der Waals surface area contributed by atoms with Crippen molar-refractivity contribution in [3.8, 4) is 11.8 Å². The van der Waals surface area contributed by atoms with Gasteiger partial charge in [0.1, 0.15) is 24.0 Å². The standard InChI is InChI=1S/C22H16ClFN4O3/c1-3-7-27(15-5-6-19(24)18(23)10-15)22-14(12-25)13-26-21-17(22)9-16(28(29)30)11-20(21)31-8-4-2/h3-6,9-11,13H,1-2,7-8H2. The molecule has 156 valence electrons. The minimum Gasteiger partial charge on any atom is -0.487 e. The summed E-state index contributed by atoms with van der Waals surface area (Å²) < 4.78 is 19.3. The van der Waals surface area contributed by atoms with Crippen LogP contribution in [-0.2, 0) is 0 Å². The van der Waals surface area contributed by atoms with Crippen LogP contribution in [0.3, 0.4) is 0 Å². The highest BCUT2D eigenvalue weighted by Crippen LogP contribution is 2.40. The summed E-state index contributed by atoms with van der Waals surface area (Å²) in [6.45, 7) is 7.64. The number of nitro groups is 1. The van der Waals surface area contributed by atoms with E-state index in [2.05, 4.69) is 24.2 Å². The number of ether oxygens (including phenoxy) is 1. The number of rotatable bonds is 8. The van der Waals surface area contributed by atoms with Gasteiger partial charge in [-0.25, -0.2) is 4.39 Å². The number of nitriles is 1. The highest BCUT2D eigenvalue weighted by atomic mass is 35.5. The van der Waals surface area contributed by atoms with Crippen molar-refractivity contribution in [3.63, 3.8) is 0 Å². The van der Waals surface area contributed by atoms with Gasteiger partial charge in [-0.05, 0) is 18.2 Å². The Balaban J connectivity index is 2.38. The SMILES string of the molecule is C=CCOc1cc([N+](=O)[O-])cc2c(N(CC=C)c3ccc(F)c(Cl)c3)c(C#N)cnc12. The number of nitro benzene ring substituents is 1. The number of aromatic nitrogens is 1. The molecule has 0 saturated heterocycles. The van der Waals surface area contributed by atoms with Crippen molar-refractivity contribution in [2.24, 2.45) is 0 Å². The van der Waals surface area contributed by atoms with Crippen LogP contribution >= 0.6 is 11.6 Å². The molecule has 7 nitrogen and oxygen atoms in total. The summed E-state index contributed by atoms with van der Waals surface area (Å²) in [7, 11) is 0. The van der Waals surface area contributed by atoms with Crippen molar-refractivity contribution in [2.75, 3.05) is 18.1 Å². The third kappa shape index (κ3) is 4.32. The van der Waals surface area contributed by atoms with E-state index in [-0.39, 0.29) is 35.2 Å². The summed E-state index contributed by atoms with van der Waals surface area (Å²) >= 11 is 5.96. The first-order chi connectivity index (χ1) is 14.9. The van der Waals surface area contributed by atoms with E-state index in [0.29, 0.717) is 22.3 Å². The second-order valence-electron chi connectivity index (χ2n) is 6.33. The van der Waals surface area contributed by atoms with Gasteiger partial charge in [-0.1, -0.05) is 30.3 Å². The zero-order valence-corrected chi connectivity index (χ0v) is 17.0. The predicted molar refractivity (Wildman–Crippen MR) is 117 cm³/mol. The molecule has 0 aliphatic rings. The van der Waals surface area contributed by atoms with Crippen LogP contribution in [0.4, 0.5) is 21.5 Å². The van der Waals surface area contributed by atoms with Crippen LogP contribution in [0.1, 0.15) is 5.56 Å². The largest absolute Gasteiger partial charge is 0.487 e. The molecule has 1 aromatic heterocycles. The van der Waals surface area contributed by atoms with Crippen molar-refractivity contribution in [1.29, 1.82) is 5.26 Å². The summed E-state index contributed by atoms with van der Waals surface area (Å²) in [4.78, 5) is 16.9. The molecule has 1 heterocycles. The fourth-order valence-electron chi connectivity index (χ4n) is 3.09. The minimum atomic E-state index is -0.597. The van der Waals surface area contributed by atoms with Crippen LogP contribution in [-0.4, -0.2) is 23.1 Å². The van der Waals surface area contributed by atoms with E-state index in [9.17, 15) is 19.8 Å². The molecule has 3 rings (SSSR count). The smallest absolute Gasteiger partial charge is 0.273 e. The molecule has 0 atom stereocenters. The topological polar surface area (TPSA) is 92.3 Å². The molecule has 0 unspecified atom stereocenters. The number of benzene rings is 2. The lowest BCUT2D eigenvalue weighted by molar-refractivity contribution is -0.384. The van der Waals surface area contributed by atoms with Gasteiger partial charge in [0, 0.05) is 29.9 Å². The Hall–Kier alpha value is -3.96. The summed E-state index contributed by atoms with van der Waals surface area (Å²) in [6.07, 6.45) is 4.43. The Kier molecular flexibility index (Phi) is 6.48. The lowest BCUT2D eigenvalue weighted by Crippen LogP contribution is -2.19. The molecule has 0 bridgehead atoms. The fraction of sp³-hybridized carbons (Fsp3) is 0.0909. The summed E-state index contributed by atoms with van der Waals surface area (Å²) in [6, 6.07) is 8.74. The second kappa shape index (κ2) is 9.24. The van der Waals surface area contributed by atoms with Crippen molar-refractivity contribution in [2.45, 2.75) is 0 Å². The number of fused-ring (bicyclic) bond motifs is 1. The van der Waals surface area contributed by atoms with Crippen LogP contribution < -0.4 is 9.64 Å². The highest BCUT2D eigenvalue weighted by molar-refractivity contribution is 6.31. The number of non-ortho nitro benzene ring substituents is 1. The summed E-state index contributed by atoms with van der Waals surface area (Å²) in [5, 5.41) is 21.5. The molecule has 0 saturated carbocycles. The van der Waals surface area contributed by atoms with E-state index in [0.717, 1.165) is 0 Å². The second-order valence-corrected chi connectivity index (χ2v) is 6.73. The maximum absolute atomic E-state index is 13.7. The van der Waals surface area contributed by atoms with Crippen molar-refractivity contribution >= 4 is 39.6 Å². The number of pyridine rings is 1. The van der Waals surface area contributed by atoms with Gasteiger partial charge in [0.05, 0.1) is 27.3 Å². The van der Waals surface area contributed by atoms with Gasteiger partial charge in [-0.2, -0.15) is 5.26 Å². The van der Waals surface area contributed by atoms with Crippen molar-refractivity contribution < 1.29 is 14.1 Å². The Morgan fingerprint density at radius 1 is 1.32 bits per heavy atom. The molecular weight excluding hydrogens is 423 g/mol.